The summed E-state index contributed by atoms with van der Waals surface area (Å²) in [6.45, 7) is 4.02. The molecule has 0 aliphatic carbocycles. The summed E-state index contributed by atoms with van der Waals surface area (Å²) in [5.41, 5.74) is 1.24. The Balaban J connectivity index is 1.50. The topological polar surface area (TPSA) is 77.5 Å². The summed E-state index contributed by atoms with van der Waals surface area (Å²) in [7, 11) is 0. The number of rotatable bonds is 8. The van der Waals surface area contributed by atoms with Crippen LogP contribution in [0.15, 0.2) is 47.2 Å². The second kappa shape index (κ2) is 9.48. The third-order valence-electron chi connectivity index (χ3n) is 3.72. The molecule has 1 amide bonds. The Labute approximate surface area is 171 Å². The lowest BCUT2D eigenvalue weighted by atomic mass is 10.2. The summed E-state index contributed by atoms with van der Waals surface area (Å²) in [4.78, 5) is 29.9. The molecule has 0 fully saturated rings. The second-order valence-corrected chi connectivity index (χ2v) is 7.68. The van der Waals surface area contributed by atoms with E-state index in [1.54, 1.807) is 42.5 Å². The van der Waals surface area contributed by atoms with Gasteiger partial charge in [0.2, 0.25) is 0 Å². The van der Waals surface area contributed by atoms with Crippen molar-refractivity contribution in [1.82, 2.24) is 4.98 Å². The van der Waals surface area contributed by atoms with Crippen molar-refractivity contribution >= 4 is 40.2 Å². The van der Waals surface area contributed by atoms with Crippen molar-refractivity contribution < 1.29 is 19.1 Å². The van der Waals surface area contributed by atoms with Gasteiger partial charge in [0, 0.05) is 11.1 Å². The van der Waals surface area contributed by atoms with E-state index in [1.807, 2.05) is 29.8 Å². The molecule has 0 saturated carbocycles. The summed E-state index contributed by atoms with van der Waals surface area (Å²) in [5, 5.41) is 7.41. The maximum Gasteiger partial charge on any atom is 0.312 e. The molecule has 0 aliphatic rings. The summed E-state index contributed by atoms with van der Waals surface area (Å²) in [5.74, 6) is -0.155. The van der Waals surface area contributed by atoms with Crippen molar-refractivity contribution in [3.05, 3.63) is 52.9 Å². The molecule has 1 aromatic carbocycles. The van der Waals surface area contributed by atoms with Gasteiger partial charge in [0.1, 0.15) is 10.8 Å². The zero-order valence-corrected chi connectivity index (χ0v) is 17.1. The normalized spacial score (nSPS) is 11.6. The fourth-order valence-electron chi connectivity index (χ4n) is 2.39. The first kappa shape index (κ1) is 20.0. The van der Waals surface area contributed by atoms with Crippen molar-refractivity contribution in [2.45, 2.75) is 26.4 Å². The molecule has 1 atom stereocenters. The Morgan fingerprint density at radius 1 is 1.18 bits per heavy atom. The lowest BCUT2D eigenvalue weighted by molar-refractivity contribution is -0.152. The maximum atomic E-state index is 12.2. The van der Waals surface area contributed by atoms with Crippen molar-refractivity contribution in [3.8, 4) is 15.6 Å². The second-order valence-electron chi connectivity index (χ2n) is 5.88. The average Bonchev–Trinajstić information content (AvgIpc) is 3.35. The molecule has 2 aromatic heterocycles. The smallest absolute Gasteiger partial charge is 0.312 e. The summed E-state index contributed by atoms with van der Waals surface area (Å²) in [6, 6.07) is 10.9. The predicted molar refractivity (Wildman–Crippen MR) is 111 cm³/mol. The summed E-state index contributed by atoms with van der Waals surface area (Å²) >= 11 is 3.08. The average molecular weight is 417 g/mol. The quantitative estimate of drug-likeness (QED) is 0.551. The highest BCUT2D eigenvalue weighted by molar-refractivity contribution is 7.20. The molecule has 146 valence electrons. The number of nitrogens with one attached hydrogen (secondary N) is 1. The number of benzene rings is 1. The van der Waals surface area contributed by atoms with Crippen LogP contribution in [0, 0.1) is 0 Å². The molecular weight excluding hydrogens is 396 g/mol. The van der Waals surface area contributed by atoms with Gasteiger partial charge < -0.3 is 14.8 Å². The van der Waals surface area contributed by atoms with Crippen LogP contribution >= 0.6 is 22.7 Å². The third-order valence-corrected chi connectivity index (χ3v) is 5.65. The number of hydrogen-bond acceptors (Lipinski definition) is 7. The highest BCUT2D eigenvalue weighted by Gasteiger charge is 2.19. The number of amides is 1. The Hall–Kier alpha value is -2.71. The van der Waals surface area contributed by atoms with Crippen LogP contribution in [0.2, 0.25) is 0 Å². The molecule has 0 bridgehead atoms. The number of carbonyl (C=O) groups excluding carboxylic acids is 2. The SMILES string of the molecule is CCOc1ccc(NC(=O)[C@H](C)OC(=O)Cc2csc(-c3cccs3)n2)cc1. The molecule has 6 nitrogen and oxygen atoms in total. The monoisotopic (exact) mass is 416 g/mol. The van der Waals surface area contributed by atoms with Crippen molar-refractivity contribution in [2.24, 2.45) is 0 Å². The van der Waals surface area contributed by atoms with Crippen LogP contribution in [0.3, 0.4) is 0 Å². The van der Waals surface area contributed by atoms with Gasteiger partial charge in [-0.05, 0) is 49.6 Å². The van der Waals surface area contributed by atoms with Gasteiger partial charge >= 0.3 is 5.97 Å². The van der Waals surface area contributed by atoms with E-state index in [1.165, 1.54) is 11.3 Å². The molecule has 1 N–H and O–H groups in total. The fraction of sp³-hybridized carbons (Fsp3) is 0.250. The van der Waals surface area contributed by atoms with E-state index in [9.17, 15) is 9.59 Å². The van der Waals surface area contributed by atoms with E-state index in [-0.39, 0.29) is 6.42 Å². The lowest BCUT2D eigenvalue weighted by Crippen LogP contribution is -2.30. The molecular formula is C20H20N2O4S2. The first-order chi connectivity index (χ1) is 13.5. The lowest BCUT2D eigenvalue weighted by Gasteiger charge is -2.13. The predicted octanol–water partition coefficient (Wildman–Crippen LogP) is 4.38. The minimum absolute atomic E-state index is 0.0303. The van der Waals surface area contributed by atoms with Crippen LogP contribution in [0.25, 0.3) is 9.88 Å². The number of nitrogens with zero attached hydrogens (tertiary/aromatic N) is 1. The number of ether oxygens (including phenoxy) is 2. The minimum Gasteiger partial charge on any atom is -0.494 e. The molecule has 0 spiro atoms. The number of aromatic nitrogens is 1. The van der Waals surface area contributed by atoms with Gasteiger partial charge in [-0.3, -0.25) is 9.59 Å². The van der Waals surface area contributed by atoms with Crippen LogP contribution in [0.5, 0.6) is 5.75 Å². The summed E-state index contributed by atoms with van der Waals surface area (Å²) < 4.78 is 10.6. The molecule has 0 radical (unpaired) electrons. The molecule has 0 unspecified atom stereocenters. The van der Waals surface area contributed by atoms with Gasteiger partial charge in [0.25, 0.3) is 5.91 Å². The summed E-state index contributed by atoms with van der Waals surface area (Å²) in [6.07, 6.45) is -0.878. The Morgan fingerprint density at radius 2 is 1.96 bits per heavy atom. The molecule has 0 saturated heterocycles. The number of carbonyl (C=O) groups is 2. The fourth-order valence-corrected chi connectivity index (χ4v) is 4.02. The van der Waals surface area contributed by atoms with E-state index >= 15 is 0 Å². The van der Waals surface area contributed by atoms with Gasteiger partial charge in [0.05, 0.1) is 23.6 Å². The third kappa shape index (κ3) is 5.40. The first-order valence-corrected chi connectivity index (χ1v) is 10.5. The molecule has 28 heavy (non-hydrogen) atoms. The number of esters is 1. The molecule has 0 aliphatic heterocycles. The van der Waals surface area contributed by atoms with Crippen molar-refractivity contribution in [3.63, 3.8) is 0 Å². The number of thiazole rings is 1. The van der Waals surface area contributed by atoms with E-state index in [4.69, 9.17) is 9.47 Å². The molecule has 2 heterocycles. The zero-order chi connectivity index (χ0) is 19.9. The van der Waals surface area contributed by atoms with E-state index in [2.05, 4.69) is 10.3 Å². The van der Waals surface area contributed by atoms with Gasteiger partial charge in [-0.25, -0.2) is 4.98 Å². The number of thiophene rings is 1. The van der Waals surface area contributed by atoms with Gasteiger partial charge in [-0.2, -0.15) is 0 Å². The van der Waals surface area contributed by atoms with Crippen LogP contribution in [0.4, 0.5) is 5.69 Å². The van der Waals surface area contributed by atoms with Crippen LogP contribution in [0.1, 0.15) is 19.5 Å². The standard InChI is InChI=1S/C20H20N2O4S2/c1-3-25-16-8-6-14(7-9-16)21-19(24)13(2)26-18(23)11-15-12-28-20(22-15)17-5-4-10-27-17/h4-10,12-13H,3,11H2,1-2H3,(H,21,24)/t13-/m0/s1. The Bertz CT molecular complexity index is 920. The van der Waals surface area contributed by atoms with Gasteiger partial charge in [-0.15, -0.1) is 22.7 Å². The number of hydrogen-bond donors (Lipinski definition) is 1. The Morgan fingerprint density at radius 3 is 2.64 bits per heavy atom. The van der Waals surface area contributed by atoms with Crippen LogP contribution in [-0.2, 0) is 20.7 Å². The van der Waals surface area contributed by atoms with E-state index in [0.29, 0.717) is 18.0 Å². The highest BCUT2D eigenvalue weighted by atomic mass is 32.1. The maximum absolute atomic E-state index is 12.2. The van der Waals surface area contributed by atoms with E-state index in [0.717, 1.165) is 15.6 Å². The molecule has 8 heteroatoms. The Kier molecular flexibility index (Phi) is 6.78. The largest absolute Gasteiger partial charge is 0.494 e. The first-order valence-electron chi connectivity index (χ1n) is 8.76. The molecule has 3 rings (SSSR count). The van der Waals surface area contributed by atoms with Crippen molar-refractivity contribution in [2.75, 3.05) is 11.9 Å². The van der Waals surface area contributed by atoms with Crippen LogP contribution < -0.4 is 10.1 Å². The van der Waals surface area contributed by atoms with E-state index < -0.39 is 18.0 Å². The van der Waals surface area contributed by atoms with Crippen molar-refractivity contribution in [1.29, 1.82) is 0 Å². The van der Waals surface area contributed by atoms with Gasteiger partial charge in [-0.1, -0.05) is 6.07 Å². The highest BCUT2D eigenvalue weighted by Crippen LogP contribution is 2.28. The number of anilines is 1. The van der Waals surface area contributed by atoms with Crippen LogP contribution in [-0.4, -0.2) is 29.6 Å². The van der Waals surface area contributed by atoms with Gasteiger partial charge in [0.15, 0.2) is 6.10 Å². The minimum atomic E-state index is -0.908. The molecule has 3 aromatic rings. The zero-order valence-electron chi connectivity index (χ0n) is 15.5.